The second-order valence-electron chi connectivity index (χ2n) is 5.44. The van der Waals surface area contributed by atoms with Crippen molar-refractivity contribution in [3.05, 3.63) is 35.9 Å². The lowest BCUT2D eigenvalue weighted by Gasteiger charge is -2.38. The van der Waals surface area contributed by atoms with Gasteiger partial charge in [-0.15, -0.1) is 0 Å². The molecule has 1 heterocycles. The van der Waals surface area contributed by atoms with Gasteiger partial charge in [-0.05, 0) is 18.4 Å². The first-order valence-electron chi connectivity index (χ1n) is 6.97. The SMILES string of the molecule is COC(=O)C(Cc1ccccc1)N1C[C@H](N)C[C@H](N)C1. The van der Waals surface area contributed by atoms with Gasteiger partial charge in [-0.2, -0.15) is 0 Å². The van der Waals surface area contributed by atoms with Crippen molar-refractivity contribution < 1.29 is 9.53 Å². The second-order valence-corrected chi connectivity index (χ2v) is 5.44. The number of piperidine rings is 1. The standard InChI is InChI=1S/C15H23N3O2/c1-20-15(19)14(7-11-5-3-2-4-6-11)18-9-12(16)8-13(17)10-18/h2-6,12-14H,7-10,16-17H2,1H3/t12-,13+,14?. The van der Waals surface area contributed by atoms with Crippen LogP contribution in [0.5, 0.6) is 0 Å². The Hall–Kier alpha value is -1.43. The van der Waals surface area contributed by atoms with E-state index in [0.717, 1.165) is 12.0 Å². The summed E-state index contributed by atoms with van der Waals surface area (Å²) in [4.78, 5) is 14.1. The molecule has 1 aromatic rings. The van der Waals surface area contributed by atoms with Gasteiger partial charge in [-0.1, -0.05) is 30.3 Å². The quantitative estimate of drug-likeness (QED) is 0.765. The zero-order valence-corrected chi connectivity index (χ0v) is 11.9. The van der Waals surface area contributed by atoms with Gasteiger partial charge >= 0.3 is 5.97 Å². The van der Waals surface area contributed by atoms with E-state index < -0.39 is 0 Å². The Labute approximate surface area is 119 Å². The molecule has 0 amide bonds. The van der Waals surface area contributed by atoms with Crippen LogP contribution in [0.15, 0.2) is 30.3 Å². The highest BCUT2D eigenvalue weighted by Crippen LogP contribution is 2.16. The summed E-state index contributed by atoms with van der Waals surface area (Å²) in [5, 5.41) is 0. The fourth-order valence-electron chi connectivity index (χ4n) is 2.80. The summed E-state index contributed by atoms with van der Waals surface area (Å²) in [5.74, 6) is -0.227. The van der Waals surface area contributed by atoms with Crippen LogP contribution in [0, 0.1) is 0 Å². The molecule has 0 bridgehead atoms. The van der Waals surface area contributed by atoms with Crippen LogP contribution in [0.2, 0.25) is 0 Å². The predicted molar refractivity (Wildman–Crippen MR) is 78.1 cm³/mol. The zero-order valence-electron chi connectivity index (χ0n) is 11.9. The molecule has 5 heteroatoms. The Morgan fingerprint density at radius 1 is 1.30 bits per heavy atom. The molecule has 1 fully saturated rings. The number of hydrogen-bond acceptors (Lipinski definition) is 5. The number of nitrogens with zero attached hydrogens (tertiary/aromatic N) is 1. The summed E-state index contributed by atoms with van der Waals surface area (Å²) < 4.78 is 4.95. The molecule has 0 aliphatic carbocycles. The highest BCUT2D eigenvalue weighted by Gasteiger charge is 2.32. The minimum absolute atomic E-state index is 0.0154. The van der Waals surface area contributed by atoms with Crippen LogP contribution < -0.4 is 11.5 Å². The molecule has 1 aromatic carbocycles. The molecule has 0 spiro atoms. The maximum Gasteiger partial charge on any atom is 0.323 e. The molecule has 1 saturated heterocycles. The minimum Gasteiger partial charge on any atom is -0.468 e. The normalized spacial score (nSPS) is 25.1. The zero-order chi connectivity index (χ0) is 14.5. The number of ether oxygens (including phenoxy) is 1. The molecule has 20 heavy (non-hydrogen) atoms. The molecule has 4 N–H and O–H groups in total. The van der Waals surface area contributed by atoms with Crippen molar-refractivity contribution in [3.8, 4) is 0 Å². The van der Waals surface area contributed by atoms with Gasteiger partial charge in [0.2, 0.25) is 0 Å². The minimum atomic E-state index is -0.320. The number of carbonyl (C=O) groups is 1. The van der Waals surface area contributed by atoms with Crippen molar-refractivity contribution in [2.24, 2.45) is 11.5 Å². The van der Waals surface area contributed by atoms with E-state index in [1.807, 2.05) is 30.3 Å². The summed E-state index contributed by atoms with van der Waals surface area (Å²) in [6, 6.07) is 9.64. The van der Waals surface area contributed by atoms with E-state index in [1.165, 1.54) is 7.11 Å². The van der Waals surface area contributed by atoms with E-state index in [0.29, 0.717) is 19.5 Å². The number of nitrogens with two attached hydrogens (primary N) is 2. The molecule has 2 rings (SSSR count). The summed E-state index contributed by atoms with van der Waals surface area (Å²) in [7, 11) is 1.42. The number of methoxy groups -OCH3 is 1. The molecule has 1 unspecified atom stereocenters. The molecular weight excluding hydrogens is 254 g/mol. The van der Waals surface area contributed by atoms with Crippen molar-refractivity contribution in [2.75, 3.05) is 20.2 Å². The van der Waals surface area contributed by atoms with Crippen LogP contribution in [0.3, 0.4) is 0 Å². The monoisotopic (exact) mass is 277 g/mol. The van der Waals surface area contributed by atoms with Crippen LogP contribution >= 0.6 is 0 Å². The summed E-state index contributed by atoms with van der Waals surface area (Å²) in [6.07, 6.45) is 1.42. The second kappa shape index (κ2) is 6.83. The van der Waals surface area contributed by atoms with Crippen molar-refractivity contribution in [3.63, 3.8) is 0 Å². The van der Waals surface area contributed by atoms with Crippen LogP contribution in [-0.4, -0.2) is 49.2 Å². The largest absolute Gasteiger partial charge is 0.468 e. The lowest BCUT2D eigenvalue weighted by Crippen LogP contribution is -2.57. The smallest absolute Gasteiger partial charge is 0.323 e. The fraction of sp³-hybridized carbons (Fsp3) is 0.533. The molecule has 1 aliphatic heterocycles. The number of benzene rings is 1. The molecule has 1 aliphatic rings. The van der Waals surface area contributed by atoms with Gasteiger partial charge in [-0.25, -0.2) is 0 Å². The predicted octanol–water partition coefficient (Wildman–Crippen LogP) is 0.131. The first-order valence-corrected chi connectivity index (χ1v) is 6.97. The summed E-state index contributed by atoms with van der Waals surface area (Å²) in [6.45, 7) is 1.36. The Morgan fingerprint density at radius 2 is 1.90 bits per heavy atom. The van der Waals surface area contributed by atoms with Crippen molar-refractivity contribution in [1.82, 2.24) is 4.90 Å². The van der Waals surface area contributed by atoms with Gasteiger partial charge in [0.15, 0.2) is 0 Å². The summed E-state index contributed by atoms with van der Waals surface area (Å²) in [5.41, 5.74) is 13.1. The van der Waals surface area contributed by atoms with Gasteiger partial charge in [0.05, 0.1) is 7.11 Å². The molecule has 110 valence electrons. The molecule has 0 radical (unpaired) electrons. The molecule has 3 atom stereocenters. The van der Waals surface area contributed by atoms with E-state index in [4.69, 9.17) is 16.2 Å². The van der Waals surface area contributed by atoms with Crippen LogP contribution in [0.1, 0.15) is 12.0 Å². The van der Waals surface area contributed by atoms with Crippen LogP contribution in [0.25, 0.3) is 0 Å². The number of likely N-dealkylation sites (tertiary alicyclic amines) is 1. The van der Waals surface area contributed by atoms with Crippen LogP contribution in [0.4, 0.5) is 0 Å². The van der Waals surface area contributed by atoms with E-state index in [2.05, 4.69) is 4.90 Å². The highest BCUT2D eigenvalue weighted by molar-refractivity contribution is 5.76. The fourth-order valence-corrected chi connectivity index (χ4v) is 2.80. The first-order chi connectivity index (χ1) is 9.60. The van der Waals surface area contributed by atoms with E-state index in [9.17, 15) is 4.79 Å². The number of esters is 1. The summed E-state index contributed by atoms with van der Waals surface area (Å²) >= 11 is 0. The van der Waals surface area contributed by atoms with Gasteiger partial charge in [0.1, 0.15) is 6.04 Å². The maximum absolute atomic E-state index is 12.1. The van der Waals surface area contributed by atoms with E-state index in [1.54, 1.807) is 0 Å². The van der Waals surface area contributed by atoms with Gasteiger partial charge < -0.3 is 16.2 Å². The lowest BCUT2D eigenvalue weighted by molar-refractivity contribution is -0.147. The number of hydrogen-bond donors (Lipinski definition) is 2. The Morgan fingerprint density at radius 3 is 2.45 bits per heavy atom. The highest BCUT2D eigenvalue weighted by atomic mass is 16.5. The van der Waals surface area contributed by atoms with Gasteiger partial charge in [0.25, 0.3) is 0 Å². The van der Waals surface area contributed by atoms with Crippen molar-refractivity contribution in [1.29, 1.82) is 0 Å². The van der Waals surface area contributed by atoms with E-state index in [-0.39, 0.29) is 24.1 Å². The van der Waals surface area contributed by atoms with Crippen molar-refractivity contribution >= 4 is 5.97 Å². The third-order valence-electron chi connectivity index (χ3n) is 3.73. The first kappa shape index (κ1) is 15.0. The maximum atomic E-state index is 12.1. The Kier molecular flexibility index (Phi) is 5.11. The number of carbonyl (C=O) groups excluding carboxylic acids is 1. The van der Waals surface area contributed by atoms with Crippen molar-refractivity contribution in [2.45, 2.75) is 31.0 Å². The lowest BCUT2D eigenvalue weighted by atomic mass is 9.97. The van der Waals surface area contributed by atoms with Crippen LogP contribution in [-0.2, 0) is 16.0 Å². The topological polar surface area (TPSA) is 81.6 Å². The average molecular weight is 277 g/mol. The number of rotatable bonds is 4. The Bertz CT molecular complexity index is 428. The average Bonchev–Trinajstić information content (AvgIpc) is 2.44. The molecule has 5 nitrogen and oxygen atoms in total. The van der Waals surface area contributed by atoms with Gasteiger partial charge in [-0.3, -0.25) is 9.69 Å². The van der Waals surface area contributed by atoms with Gasteiger partial charge in [0, 0.05) is 25.2 Å². The molecule has 0 saturated carbocycles. The van der Waals surface area contributed by atoms with E-state index >= 15 is 0 Å². The molecular formula is C15H23N3O2. The third kappa shape index (κ3) is 3.79. The molecule has 0 aromatic heterocycles. The third-order valence-corrected chi connectivity index (χ3v) is 3.73. The Balaban J connectivity index is 2.13.